The molecule has 6 nitrogen and oxygen atoms in total. The molecule has 1 fully saturated rings. The molecule has 120 valence electrons. The molecule has 1 aromatic rings. The van der Waals surface area contributed by atoms with E-state index >= 15 is 0 Å². The molecule has 0 aromatic heterocycles. The molecule has 1 amide bonds. The summed E-state index contributed by atoms with van der Waals surface area (Å²) in [4.78, 5) is 26.8. The molecule has 3 rings (SSSR count). The number of anilines is 2. The van der Waals surface area contributed by atoms with Crippen molar-refractivity contribution in [3.8, 4) is 6.07 Å². The molecule has 0 spiro atoms. The summed E-state index contributed by atoms with van der Waals surface area (Å²) in [5.74, 6) is -1.08. The second kappa shape index (κ2) is 6.29. The fourth-order valence-electron chi connectivity index (χ4n) is 3.40. The number of nitrogens with zero attached hydrogens (tertiary/aromatic N) is 3. The Morgan fingerprint density at radius 1 is 1.39 bits per heavy atom. The van der Waals surface area contributed by atoms with Crippen LogP contribution in [0.3, 0.4) is 0 Å². The normalized spacial score (nSPS) is 20.8. The summed E-state index contributed by atoms with van der Waals surface area (Å²) >= 11 is 0. The second-order valence-electron chi connectivity index (χ2n) is 6.07. The van der Waals surface area contributed by atoms with Crippen LogP contribution in [0.15, 0.2) is 18.2 Å². The number of carboxylic acids is 1. The van der Waals surface area contributed by atoms with Crippen LogP contribution in [0.25, 0.3) is 0 Å². The molecule has 6 heteroatoms. The molecular weight excluding hydrogens is 294 g/mol. The first-order valence-electron chi connectivity index (χ1n) is 7.88. The smallest absolute Gasteiger partial charge is 0.308 e. The van der Waals surface area contributed by atoms with Gasteiger partial charge in [-0.3, -0.25) is 14.5 Å². The minimum absolute atomic E-state index is 0.0179. The van der Waals surface area contributed by atoms with E-state index in [4.69, 9.17) is 5.26 Å². The van der Waals surface area contributed by atoms with E-state index in [0.717, 1.165) is 36.3 Å². The number of benzene rings is 1. The summed E-state index contributed by atoms with van der Waals surface area (Å²) in [5.41, 5.74) is 2.86. The summed E-state index contributed by atoms with van der Waals surface area (Å²) in [7, 11) is 0. The molecule has 0 saturated carbocycles. The van der Waals surface area contributed by atoms with Gasteiger partial charge in [-0.05, 0) is 43.0 Å². The van der Waals surface area contributed by atoms with Gasteiger partial charge < -0.3 is 10.0 Å². The van der Waals surface area contributed by atoms with Crippen molar-refractivity contribution >= 4 is 23.3 Å². The molecule has 2 aliphatic heterocycles. The lowest BCUT2D eigenvalue weighted by atomic mass is 9.96. The van der Waals surface area contributed by atoms with Crippen LogP contribution in [0.1, 0.15) is 24.8 Å². The Kier molecular flexibility index (Phi) is 4.20. The molecular formula is C17H19N3O3. The van der Waals surface area contributed by atoms with Crippen LogP contribution < -0.4 is 9.80 Å². The highest BCUT2D eigenvalue weighted by molar-refractivity contribution is 5.97. The van der Waals surface area contributed by atoms with Crippen molar-refractivity contribution in [1.82, 2.24) is 0 Å². The van der Waals surface area contributed by atoms with Gasteiger partial charge in [0.1, 0.15) is 6.54 Å². The molecule has 0 aliphatic carbocycles. The van der Waals surface area contributed by atoms with Crippen molar-refractivity contribution in [2.24, 2.45) is 5.92 Å². The molecule has 2 aliphatic rings. The minimum atomic E-state index is -0.738. The van der Waals surface area contributed by atoms with E-state index in [-0.39, 0.29) is 18.4 Å². The van der Waals surface area contributed by atoms with Crippen molar-refractivity contribution in [3.05, 3.63) is 23.8 Å². The highest BCUT2D eigenvalue weighted by Gasteiger charge is 2.28. The SMILES string of the molecule is N#CCN1C(=O)CCc2cc(N3CCCC(C(=O)O)C3)ccc21. The van der Waals surface area contributed by atoms with Crippen LogP contribution >= 0.6 is 0 Å². The van der Waals surface area contributed by atoms with E-state index in [1.807, 2.05) is 24.3 Å². The minimum Gasteiger partial charge on any atom is -0.481 e. The lowest BCUT2D eigenvalue weighted by molar-refractivity contribution is -0.142. The van der Waals surface area contributed by atoms with Crippen molar-refractivity contribution in [2.45, 2.75) is 25.7 Å². The summed E-state index contributed by atoms with van der Waals surface area (Å²) in [6.07, 6.45) is 2.67. The van der Waals surface area contributed by atoms with Gasteiger partial charge >= 0.3 is 5.97 Å². The molecule has 0 bridgehead atoms. The maximum atomic E-state index is 12.0. The molecule has 2 heterocycles. The Balaban J connectivity index is 1.85. The predicted octanol–water partition coefficient (Wildman–Crippen LogP) is 1.79. The van der Waals surface area contributed by atoms with Crippen LogP contribution in [0.5, 0.6) is 0 Å². The van der Waals surface area contributed by atoms with E-state index in [1.54, 1.807) is 0 Å². The molecule has 23 heavy (non-hydrogen) atoms. The zero-order valence-corrected chi connectivity index (χ0v) is 12.9. The number of hydrogen-bond donors (Lipinski definition) is 1. The Labute approximate surface area is 134 Å². The van der Waals surface area contributed by atoms with E-state index in [2.05, 4.69) is 4.90 Å². The van der Waals surface area contributed by atoms with Crippen molar-refractivity contribution in [2.75, 3.05) is 29.4 Å². The number of piperidine rings is 1. The summed E-state index contributed by atoms with van der Waals surface area (Å²) in [6, 6.07) is 7.87. The molecule has 1 unspecified atom stereocenters. The van der Waals surface area contributed by atoms with Crippen molar-refractivity contribution in [3.63, 3.8) is 0 Å². The van der Waals surface area contributed by atoms with Crippen LogP contribution in [0.4, 0.5) is 11.4 Å². The number of carbonyl (C=O) groups is 2. The van der Waals surface area contributed by atoms with Gasteiger partial charge in [0.05, 0.1) is 12.0 Å². The Morgan fingerprint density at radius 2 is 2.22 bits per heavy atom. The highest BCUT2D eigenvalue weighted by atomic mass is 16.4. The predicted molar refractivity (Wildman–Crippen MR) is 85.3 cm³/mol. The van der Waals surface area contributed by atoms with E-state index in [0.29, 0.717) is 19.4 Å². The number of hydrogen-bond acceptors (Lipinski definition) is 4. The number of aliphatic carboxylic acids is 1. The topological polar surface area (TPSA) is 84.6 Å². The zero-order valence-electron chi connectivity index (χ0n) is 12.9. The molecule has 0 radical (unpaired) electrons. The van der Waals surface area contributed by atoms with E-state index < -0.39 is 5.97 Å². The van der Waals surface area contributed by atoms with Gasteiger partial charge in [0.2, 0.25) is 5.91 Å². The average molecular weight is 313 g/mol. The van der Waals surface area contributed by atoms with Gasteiger partial charge in [-0.25, -0.2) is 0 Å². The third kappa shape index (κ3) is 3.00. The van der Waals surface area contributed by atoms with Gasteiger partial charge in [-0.15, -0.1) is 0 Å². The maximum Gasteiger partial charge on any atom is 0.308 e. The molecule has 1 N–H and O–H groups in total. The molecule has 1 atom stereocenters. The van der Waals surface area contributed by atoms with Crippen LogP contribution in [0, 0.1) is 17.2 Å². The maximum absolute atomic E-state index is 12.0. The second-order valence-corrected chi connectivity index (χ2v) is 6.07. The first-order valence-corrected chi connectivity index (χ1v) is 7.88. The molecule has 1 saturated heterocycles. The lowest BCUT2D eigenvalue weighted by Gasteiger charge is -2.34. The molecule has 1 aromatic carbocycles. The van der Waals surface area contributed by atoms with Gasteiger partial charge in [0, 0.05) is 30.9 Å². The Morgan fingerprint density at radius 3 is 2.96 bits per heavy atom. The quantitative estimate of drug-likeness (QED) is 0.860. The number of amides is 1. The third-order valence-electron chi connectivity index (χ3n) is 4.63. The summed E-state index contributed by atoms with van der Waals surface area (Å²) < 4.78 is 0. The van der Waals surface area contributed by atoms with Crippen LogP contribution in [-0.4, -0.2) is 36.6 Å². The van der Waals surface area contributed by atoms with Crippen LogP contribution in [-0.2, 0) is 16.0 Å². The number of nitriles is 1. The van der Waals surface area contributed by atoms with Gasteiger partial charge in [0.15, 0.2) is 0 Å². The largest absolute Gasteiger partial charge is 0.481 e. The summed E-state index contributed by atoms with van der Waals surface area (Å²) in [6.45, 7) is 1.44. The van der Waals surface area contributed by atoms with Crippen molar-refractivity contribution < 1.29 is 14.7 Å². The van der Waals surface area contributed by atoms with Gasteiger partial charge in [0.25, 0.3) is 0 Å². The highest BCUT2D eigenvalue weighted by Crippen LogP contribution is 2.32. The number of carboxylic acid groups (broad SMARTS) is 1. The fraction of sp³-hybridized carbons (Fsp3) is 0.471. The number of carbonyl (C=O) groups excluding carboxylic acids is 1. The Bertz CT molecular complexity index is 680. The first-order chi connectivity index (χ1) is 11.1. The van der Waals surface area contributed by atoms with Gasteiger partial charge in [-0.1, -0.05) is 0 Å². The standard InChI is InChI=1S/C17H19N3O3/c18-7-9-20-15-5-4-14(10-12(15)3-6-16(20)21)19-8-1-2-13(11-19)17(22)23/h4-5,10,13H,1-3,6,8-9,11H2,(H,22,23). The Hall–Kier alpha value is -2.55. The van der Waals surface area contributed by atoms with Crippen LogP contribution in [0.2, 0.25) is 0 Å². The fourth-order valence-corrected chi connectivity index (χ4v) is 3.40. The third-order valence-corrected chi connectivity index (χ3v) is 4.63. The zero-order chi connectivity index (χ0) is 16.4. The van der Waals surface area contributed by atoms with Gasteiger partial charge in [-0.2, -0.15) is 5.26 Å². The first kappa shape index (κ1) is 15.3. The number of fused-ring (bicyclic) bond motifs is 1. The van der Waals surface area contributed by atoms with E-state index in [9.17, 15) is 14.7 Å². The van der Waals surface area contributed by atoms with Crippen molar-refractivity contribution in [1.29, 1.82) is 5.26 Å². The monoisotopic (exact) mass is 313 g/mol. The lowest BCUT2D eigenvalue weighted by Crippen LogP contribution is -2.39. The number of rotatable bonds is 3. The average Bonchev–Trinajstić information content (AvgIpc) is 2.57. The number of aryl methyl sites for hydroxylation is 1. The van der Waals surface area contributed by atoms with E-state index in [1.165, 1.54) is 4.90 Å². The summed E-state index contributed by atoms with van der Waals surface area (Å²) in [5, 5.41) is 18.1.